The Hall–Kier alpha value is -6.68. The Morgan fingerprint density at radius 1 is 0.487 bits per heavy atom. The van der Waals surface area contributed by atoms with Gasteiger partial charge in [-0.15, -0.1) is 53.6 Å². The van der Waals surface area contributed by atoms with Gasteiger partial charge in [0.25, 0.3) is 0 Å². The summed E-state index contributed by atoms with van der Waals surface area (Å²) in [6, 6.07) is 63.5. The Morgan fingerprint density at radius 2 is 1.05 bits per heavy atom. The van der Waals surface area contributed by atoms with Crippen molar-refractivity contribution in [1.29, 1.82) is 0 Å². The number of aromatic nitrogens is 2. The van der Waals surface area contributed by atoms with Gasteiger partial charge in [0, 0.05) is 72.1 Å². The zero-order chi connectivity index (χ0) is 56.6. The van der Waals surface area contributed by atoms with Crippen LogP contribution in [0, 0.1) is 18.8 Å². The number of rotatable bonds is 12. The maximum absolute atomic E-state index is 7.11. The van der Waals surface area contributed by atoms with Crippen molar-refractivity contribution in [3.05, 3.63) is 238 Å². The maximum atomic E-state index is 7.11. The minimum absolute atomic E-state index is 0. The third kappa shape index (κ3) is 11.2. The second-order valence-electron chi connectivity index (χ2n) is 26.8. The largest absolute Gasteiger partial charge is 0.509 e. The molecular weight excluding hydrogens is 1160 g/mol. The molecule has 6 heteroatoms. The van der Waals surface area contributed by atoms with Gasteiger partial charge in [-0.1, -0.05) is 220 Å². The second-order valence-corrected chi connectivity index (χ2v) is 26.8. The molecule has 9 aromatic rings. The number of benzene rings is 7. The summed E-state index contributed by atoms with van der Waals surface area (Å²) >= 11 is 0. The van der Waals surface area contributed by atoms with Crippen LogP contribution >= 0.6 is 0 Å². The van der Waals surface area contributed by atoms with Crippen LogP contribution in [-0.2, 0) is 48.1 Å². The van der Waals surface area contributed by atoms with Crippen LogP contribution in [0.4, 0.5) is 11.4 Å². The molecule has 2 aromatic heterocycles. The summed E-state index contributed by atoms with van der Waals surface area (Å²) in [5.41, 5.74) is 16.7. The SMILES string of the molecule is CC(C)c1cccc(C(C)C)c1C1=CN(c2cc(C(C)(C)c3ccccc3)cc(C(C)(C)c3ccccc3)c2)[CH-]N1c1[c-]c(Oc2[c-]c3c(cc2)c2cc(C(C)(C)C)ccc2n3-c2cc(C(C)(C)C)ccn2)cc(C(C)(C)C)c1.[Pt]. The fourth-order valence-electron chi connectivity index (χ4n) is 11.3. The van der Waals surface area contributed by atoms with Crippen molar-refractivity contribution in [2.24, 2.45) is 0 Å². The van der Waals surface area contributed by atoms with Gasteiger partial charge in [0.05, 0.1) is 0 Å². The molecule has 0 saturated heterocycles. The Bertz CT molecular complexity index is 3650. The first kappa shape index (κ1) is 58.0. The van der Waals surface area contributed by atoms with E-state index >= 15 is 0 Å². The summed E-state index contributed by atoms with van der Waals surface area (Å²) in [4.78, 5) is 9.71. The zero-order valence-electron chi connectivity index (χ0n) is 50.3. The van der Waals surface area contributed by atoms with E-state index in [9.17, 15) is 0 Å². The van der Waals surface area contributed by atoms with Crippen LogP contribution in [0.25, 0.3) is 33.3 Å². The first-order chi connectivity index (χ1) is 37.2. The molecule has 1 aliphatic heterocycles. The van der Waals surface area contributed by atoms with Crippen molar-refractivity contribution in [3.63, 3.8) is 0 Å². The molecule has 0 amide bonds. The summed E-state index contributed by atoms with van der Waals surface area (Å²) in [5, 5.41) is 2.26. The molecule has 1 aliphatic rings. The molecule has 10 rings (SSSR count). The standard InChI is InChI=1S/C74H81N4O.Pt/c1-48(2)61-29-24-30-62(49(3)4)69(61)67-46-76(57-39-55(73(14,15)50-25-20-18-21-26-50)37-56(40-57)74(16,17)51-27-22-19-23-28-51)47-77(67)58-38-54(72(11,12)13)41-60(44-58)79-59-32-33-63-64-42-52(70(5,6)7)31-34-65(64)78(66(63)45-59)68-43-53(35-36-75-68)71(8,9)10;/h18-43,46-49H,1-17H3;/q-3;. The molecule has 0 unspecified atom stereocenters. The smallest absolute Gasteiger partial charge is 0.135 e. The molecule has 7 aromatic carbocycles. The fourth-order valence-corrected chi connectivity index (χ4v) is 11.3. The molecule has 0 N–H and O–H groups in total. The topological polar surface area (TPSA) is 33.5 Å². The fraction of sp³-hybridized carbons (Fsp3) is 0.324. The number of hydrogen-bond acceptors (Lipinski definition) is 4. The molecule has 0 atom stereocenters. The Labute approximate surface area is 493 Å². The van der Waals surface area contributed by atoms with Crippen molar-refractivity contribution in [2.45, 2.75) is 157 Å². The molecule has 3 heterocycles. The van der Waals surface area contributed by atoms with Gasteiger partial charge in [-0.2, -0.15) is 6.07 Å². The van der Waals surface area contributed by atoms with Gasteiger partial charge < -0.3 is 19.1 Å². The van der Waals surface area contributed by atoms with E-state index in [-0.39, 0.29) is 60.0 Å². The van der Waals surface area contributed by atoms with Crippen molar-refractivity contribution >= 4 is 38.9 Å². The van der Waals surface area contributed by atoms with Gasteiger partial charge in [0.1, 0.15) is 5.82 Å². The third-order valence-electron chi connectivity index (χ3n) is 16.6. The van der Waals surface area contributed by atoms with Crippen molar-refractivity contribution in [2.75, 3.05) is 9.80 Å². The minimum atomic E-state index is -0.294. The van der Waals surface area contributed by atoms with Crippen LogP contribution in [0.1, 0.15) is 185 Å². The summed E-state index contributed by atoms with van der Waals surface area (Å²) in [6.07, 6.45) is 4.29. The molecular formula is C74H81N4OPt-3. The number of fused-ring (bicyclic) bond motifs is 3. The van der Waals surface area contributed by atoms with Gasteiger partial charge in [0.2, 0.25) is 0 Å². The number of ether oxygens (including phenoxy) is 1. The summed E-state index contributed by atoms with van der Waals surface area (Å²) in [5.74, 6) is 2.63. The van der Waals surface area contributed by atoms with E-state index in [1.54, 1.807) is 0 Å². The molecule has 0 fully saturated rings. The minimum Gasteiger partial charge on any atom is -0.509 e. The predicted octanol–water partition coefficient (Wildman–Crippen LogP) is 19.8. The van der Waals surface area contributed by atoms with Gasteiger partial charge in [-0.05, 0) is 115 Å². The summed E-state index contributed by atoms with van der Waals surface area (Å²) < 4.78 is 9.37. The molecule has 5 nitrogen and oxygen atoms in total. The van der Waals surface area contributed by atoms with E-state index < -0.39 is 0 Å². The average molecular weight is 1240 g/mol. The van der Waals surface area contributed by atoms with Gasteiger partial charge >= 0.3 is 0 Å². The number of nitrogens with zero attached hydrogens (tertiary/aromatic N) is 4. The van der Waals surface area contributed by atoms with E-state index in [0.29, 0.717) is 11.5 Å². The van der Waals surface area contributed by atoms with Gasteiger partial charge in [-0.25, -0.2) is 4.98 Å². The molecule has 416 valence electrons. The van der Waals surface area contributed by atoms with Gasteiger partial charge in [0.15, 0.2) is 0 Å². The molecule has 0 radical (unpaired) electrons. The van der Waals surface area contributed by atoms with Crippen LogP contribution in [-0.4, -0.2) is 9.55 Å². The quantitative estimate of drug-likeness (QED) is 0.114. The van der Waals surface area contributed by atoms with Crippen LogP contribution in [0.3, 0.4) is 0 Å². The predicted molar refractivity (Wildman–Crippen MR) is 334 cm³/mol. The average Bonchev–Trinajstić information content (AvgIpc) is 4.24. The van der Waals surface area contributed by atoms with Crippen molar-refractivity contribution in [3.8, 4) is 17.3 Å². The van der Waals surface area contributed by atoms with Crippen LogP contribution in [0.15, 0.2) is 164 Å². The first-order valence-electron chi connectivity index (χ1n) is 28.5. The summed E-state index contributed by atoms with van der Waals surface area (Å²) in [7, 11) is 0. The Kier molecular flexibility index (Phi) is 15.7. The number of pyridine rings is 1. The number of hydrogen-bond donors (Lipinski definition) is 0. The zero-order valence-corrected chi connectivity index (χ0v) is 52.6. The van der Waals surface area contributed by atoms with E-state index in [2.05, 4.69) is 309 Å². The Balaban J connectivity index is 0.00000774. The molecule has 80 heavy (non-hydrogen) atoms. The Morgan fingerprint density at radius 3 is 1.60 bits per heavy atom. The third-order valence-corrected chi connectivity index (χ3v) is 16.6. The molecule has 0 aliphatic carbocycles. The molecule has 0 saturated carbocycles. The monoisotopic (exact) mass is 1240 g/mol. The van der Waals surface area contributed by atoms with E-state index in [0.717, 1.165) is 50.3 Å². The van der Waals surface area contributed by atoms with E-state index in [1.165, 1.54) is 50.1 Å². The maximum Gasteiger partial charge on any atom is 0.135 e. The second kappa shape index (κ2) is 21.7. The van der Waals surface area contributed by atoms with Gasteiger partial charge in [-0.3, -0.25) is 0 Å². The van der Waals surface area contributed by atoms with Crippen LogP contribution in [0.2, 0.25) is 0 Å². The van der Waals surface area contributed by atoms with E-state index in [4.69, 9.17) is 9.72 Å². The van der Waals surface area contributed by atoms with Crippen molar-refractivity contribution in [1.82, 2.24) is 9.55 Å². The molecule has 0 spiro atoms. The van der Waals surface area contributed by atoms with Crippen LogP contribution in [0.5, 0.6) is 11.5 Å². The van der Waals surface area contributed by atoms with Crippen LogP contribution < -0.4 is 14.5 Å². The number of anilines is 2. The molecule has 0 bridgehead atoms. The van der Waals surface area contributed by atoms with E-state index in [1.807, 2.05) is 6.20 Å². The van der Waals surface area contributed by atoms with Crippen molar-refractivity contribution < 1.29 is 25.8 Å². The summed E-state index contributed by atoms with van der Waals surface area (Å²) in [6.45, 7) is 41.3. The normalized spacial score (nSPS) is 13.7. The first-order valence-corrected chi connectivity index (χ1v) is 28.5.